The summed E-state index contributed by atoms with van der Waals surface area (Å²) in [5.74, 6) is 0.669. The molecule has 0 aliphatic carbocycles. The van der Waals surface area contributed by atoms with Gasteiger partial charge in [0.05, 0.1) is 30.0 Å². The highest BCUT2D eigenvalue weighted by molar-refractivity contribution is 5.60. The van der Waals surface area contributed by atoms with Gasteiger partial charge in [-0.3, -0.25) is 9.97 Å². The molecule has 5 aromatic rings. The van der Waals surface area contributed by atoms with Gasteiger partial charge >= 0.3 is 0 Å². The fourth-order valence-electron chi connectivity index (χ4n) is 3.74. The number of rotatable bonds is 6. The SMILES string of the molecule is Cc1cccc(CN(Cc2cccc(C)n2)c2ccc3nnc(-c4ccccc4F)n3n2)n1. The van der Waals surface area contributed by atoms with E-state index in [9.17, 15) is 4.39 Å². The first-order valence-corrected chi connectivity index (χ1v) is 10.6. The number of pyridine rings is 2. The Morgan fingerprint density at radius 3 is 2.06 bits per heavy atom. The molecule has 164 valence electrons. The van der Waals surface area contributed by atoms with Crippen molar-refractivity contribution >= 4 is 11.5 Å². The first-order valence-electron chi connectivity index (χ1n) is 10.6. The van der Waals surface area contributed by atoms with E-state index in [0.29, 0.717) is 35.9 Å². The van der Waals surface area contributed by atoms with Crippen LogP contribution in [-0.2, 0) is 13.1 Å². The minimum absolute atomic E-state index is 0.349. The van der Waals surface area contributed by atoms with Gasteiger partial charge < -0.3 is 4.90 Å². The third-order valence-corrected chi connectivity index (χ3v) is 5.29. The van der Waals surface area contributed by atoms with Gasteiger partial charge in [0.25, 0.3) is 0 Å². The second-order valence-corrected chi connectivity index (χ2v) is 7.86. The second-order valence-electron chi connectivity index (χ2n) is 7.86. The minimum atomic E-state index is -0.371. The van der Waals surface area contributed by atoms with Crippen molar-refractivity contribution in [3.05, 3.63) is 101 Å². The summed E-state index contributed by atoms with van der Waals surface area (Å²) in [7, 11) is 0. The van der Waals surface area contributed by atoms with Crippen LogP contribution >= 0.6 is 0 Å². The van der Waals surface area contributed by atoms with Crippen molar-refractivity contribution in [1.29, 1.82) is 0 Å². The summed E-state index contributed by atoms with van der Waals surface area (Å²) in [6.45, 7) is 5.01. The Morgan fingerprint density at radius 2 is 1.42 bits per heavy atom. The number of nitrogens with zero attached hydrogens (tertiary/aromatic N) is 7. The molecule has 0 spiro atoms. The molecule has 0 saturated carbocycles. The lowest BCUT2D eigenvalue weighted by Crippen LogP contribution is -2.25. The first-order chi connectivity index (χ1) is 16.1. The summed E-state index contributed by atoms with van der Waals surface area (Å²) < 4.78 is 16.0. The molecule has 0 N–H and O–H groups in total. The number of fused-ring (bicyclic) bond motifs is 1. The maximum absolute atomic E-state index is 14.5. The van der Waals surface area contributed by atoms with E-state index >= 15 is 0 Å². The first kappa shape index (κ1) is 20.7. The summed E-state index contributed by atoms with van der Waals surface area (Å²) in [6, 6.07) is 22.1. The van der Waals surface area contributed by atoms with Crippen LogP contribution in [0.1, 0.15) is 22.8 Å². The normalized spacial score (nSPS) is 11.1. The molecular weight excluding hydrogens is 417 g/mol. The van der Waals surface area contributed by atoms with E-state index in [1.807, 2.05) is 62.4 Å². The highest BCUT2D eigenvalue weighted by Crippen LogP contribution is 2.23. The predicted octanol–water partition coefficient (Wildman–Crippen LogP) is 4.54. The van der Waals surface area contributed by atoms with Gasteiger partial charge in [-0.05, 0) is 62.4 Å². The molecule has 33 heavy (non-hydrogen) atoms. The van der Waals surface area contributed by atoms with Crippen LogP contribution in [-0.4, -0.2) is 29.8 Å². The number of aromatic nitrogens is 6. The van der Waals surface area contributed by atoms with Crippen molar-refractivity contribution in [2.24, 2.45) is 0 Å². The van der Waals surface area contributed by atoms with E-state index in [1.165, 1.54) is 6.07 Å². The third-order valence-electron chi connectivity index (χ3n) is 5.29. The van der Waals surface area contributed by atoms with Gasteiger partial charge in [0, 0.05) is 11.4 Å². The van der Waals surface area contributed by atoms with Crippen LogP contribution in [0.25, 0.3) is 17.0 Å². The Labute approximate surface area is 190 Å². The van der Waals surface area contributed by atoms with Crippen LogP contribution in [0.15, 0.2) is 72.8 Å². The lowest BCUT2D eigenvalue weighted by molar-refractivity contribution is 0.629. The number of hydrogen-bond acceptors (Lipinski definition) is 6. The molecule has 4 aromatic heterocycles. The molecule has 0 aliphatic rings. The standard InChI is InChI=1S/C25H22FN7/c1-17-7-5-9-19(27-17)15-32(16-20-10-6-8-18(2)28-20)24-14-13-23-29-30-25(33(23)31-24)21-11-3-4-12-22(21)26/h3-14H,15-16H2,1-2H3. The molecule has 0 amide bonds. The van der Waals surface area contributed by atoms with E-state index in [4.69, 9.17) is 5.10 Å². The molecular formula is C25H22FN7. The fraction of sp³-hybridized carbons (Fsp3) is 0.160. The summed E-state index contributed by atoms with van der Waals surface area (Å²) in [4.78, 5) is 11.4. The quantitative estimate of drug-likeness (QED) is 0.387. The van der Waals surface area contributed by atoms with Crippen molar-refractivity contribution in [1.82, 2.24) is 29.8 Å². The number of anilines is 1. The van der Waals surface area contributed by atoms with E-state index < -0.39 is 0 Å². The molecule has 0 fully saturated rings. The highest BCUT2D eigenvalue weighted by atomic mass is 19.1. The summed E-state index contributed by atoms with van der Waals surface area (Å²) in [6.07, 6.45) is 0. The maximum atomic E-state index is 14.5. The summed E-state index contributed by atoms with van der Waals surface area (Å²) in [5.41, 5.74) is 4.63. The van der Waals surface area contributed by atoms with Crippen molar-refractivity contribution in [2.45, 2.75) is 26.9 Å². The average molecular weight is 439 g/mol. The molecule has 0 bridgehead atoms. The summed E-state index contributed by atoms with van der Waals surface area (Å²) in [5, 5.41) is 13.1. The highest BCUT2D eigenvalue weighted by Gasteiger charge is 2.17. The van der Waals surface area contributed by atoms with Crippen LogP contribution in [0, 0.1) is 19.7 Å². The molecule has 1 aromatic carbocycles. The maximum Gasteiger partial charge on any atom is 0.188 e. The topological polar surface area (TPSA) is 72.1 Å². The Kier molecular flexibility index (Phi) is 5.48. The number of hydrogen-bond donors (Lipinski definition) is 0. The molecule has 4 heterocycles. The fourth-order valence-corrected chi connectivity index (χ4v) is 3.74. The Bertz CT molecular complexity index is 1380. The smallest absolute Gasteiger partial charge is 0.188 e. The average Bonchev–Trinajstić information content (AvgIpc) is 3.22. The zero-order chi connectivity index (χ0) is 22.8. The van der Waals surface area contributed by atoms with E-state index in [-0.39, 0.29) is 5.82 Å². The van der Waals surface area contributed by atoms with Gasteiger partial charge in [-0.1, -0.05) is 24.3 Å². The second kappa shape index (κ2) is 8.74. The number of halogens is 1. The van der Waals surface area contributed by atoms with Gasteiger partial charge in [0.15, 0.2) is 11.5 Å². The van der Waals surface area contributed by atoms with Crippen molar-refractivity contribution in [3.63, 3.8) is 0 Å². The predicted molar refractivity (Wildman–Crippen MR) is 124 cm³/mol. The Hall–Kier alpha value is -4.20. The lowest BCUT2D eigenvalue weighted by atomic mass is 10.2. The molecule has 0 aliphatic heterocycles. The monoisotopic (exact) mass is 439 g/mol. The van der Waals surface area contributed by atoms with Gasteiger partial charge in [-0.2, -0.15) is 4.52 Å². The molecule has 0 atom stereocenters. The van der Waals surface area contributed by atoms with Crippen LogP contribution in [0.3, 0.4) is 0 Å². The van der Waals surface area contributed by atoms with Crippen LogP contribution in [0.4, 0.5) is 10.2 Å². The van der Waals surface area contributed by atoms with Gasteiger partial charge in [0.1, 0.15) is 11.6 Å². The molecule has 7 nitrogen and oxygen atoms in total. The van der Waals surface area contributed by atoms with E-state index in [1.54, 1.807) is 22.7 Å². The zero-order valence-corrected chi connectivity index (χ0v) is 18.4. The summed E-state index contributed by atoms with van der Waals surface area (Å²) >= 11 is 0. The van der Waals surface area contributed by atoms with Crippen molar-refractivity contribution in [3.8, 4) is 11.4 Å². The van der Waals surface area contributed by atoms with Gasteiger partial charge in [-0.15, -0.1) is 15.3 Å². The molecule has 5 rings (SSSR count). The Morgan fingerprint density at radius 1 is 0.758 bits per heavy atom. The van der Waals surface area contributed by atoms with Crippen LogP contribution in [0.2, 0.25) is 0 Å². The van der Waals surface area contributed by atoms with Crippen molar-refractivity contribution < 1.29 is 4.39 Å². The largest absolute Gasteiger partial charge is 0.343 e. The third kappa shape index (κ3) is 4.41. The molecule has 0 unspecified atom stereocenters. The minimum Gasteiger partial charge on any atom is -0.343 e. The van der Waals surface area contributed by atoms with Gasteiger partial charge in [0.2, 0.25) is 0 Å². The molecule has 0 radical (unpaired) electrons. The van der Waals surface area contributed by atoms with Crippen LogP contribution in [0.5, 0.6) is 0 Å². The molecule has 8 heteroatoms. The molecule has 0 saturated heterocycles. The number of benzene rings is 1. The van der Waals surface area contributed by atoms with E-state index in [2.05, 4.69) is 25.1 Å². The lowest BCUT2D eigenvalue weighted by Gasteiger charge is -2.23. The Balaban J connectivity index is 1.58. The van der Waals surface area contributed by atoms with E-state index in [0.717, 1.165) is 22.8 Å². The zero-order valence-electron chi connectivity index (χ0n) is 18.4. The number of aryl methyl sites for hydroxylation is 2. The van der Waals surface area contributed by atoms with Crippen molar-refractivity contribution in [2.75, 3.05) is 4.90 Å². The van der Waals surface area contributed by atoms with Crippen LogP contribution < -0.4 is 4.90 Å². The van der Waals surface area contributed by atoms with Gasteiger partial charge in [-0.25, -0.2) is 4.39 Å².